The third-order valence-electron chi connectivity index (χ3n) is 3.97. The molecule has 0 bridgehead atoms. The van der Waals surface area contributed by atoms with E-state index < -0.39 is 0 Å². The van der Waals surface area contributed by atoms with Crippen LogP contribution in [0.2, 0.25) is 0 Å². The van der Waals surface area contributed by atoms with Gasteiger partial charge in [0, 0.05) is 6.04 Å². The molecule has 1 saturated carbocycles. The molecule has 0 saturated heterocycles. The topological polar surface area (TPSA) is 32.3 Å². The zero-order valence-corrected chi connectivity index (χ0v) is 11.3. The quantitative estimate of drug-likeness (QED) is 0.838. The minimum Gasteiger partial charge on any atom is -0.394 e. The van der Waals surface area contributed by atoms with Crippen LogP contribution in [0.5, 0.6) is 0 Å². The van der Waals surface area contributed by atoms with Crippen molar-refractivity contribution in [2.75, 3.05) is 6.61 Å². The van der Waals surface area contributed by atoms with Crippen LogP contribution in [0, 0.1) is 27.7 Å². The third-order valence-corrected chi connectivity index (χ3v) is 3.97. The number of aryl methyl sites for hydroxylation is 2. The molecule has 1 fully saturated rings. The van der Waals surface area contributed by atoms with Crippen molar-refractivity contribution in [2.45, 2.75) is 52.6 Å². The smallest absolute Gasteiger partial charge is 0.0626 e. The Morgan fingerprint density at radius 2 is 1.71 bits per heavy atom. The Morgan fingerprint density at radius 3 is 2.12 bits per heavy atom. The first kappa shape index (κ1) is 12.6. The number of rotatable bonds is 4. The Morgan fingerprint density at radius 1 is 1.18 bits per heavy atom. The van der Waals surface area contributed by atoms with Gasteiger partial charge in [0.05, 0.1) is 12.6 Å². The summed E-state index contributed by atoms with van der Waals surface area (Å²) in [6.45, 7) is 8.80. The van der Waals surface area contributed by atoms with Gasteiger partial charge in [0.1, 0.15) is 0 Å². The third kappa shape index (κ3) is 2.53. The van der Waals surface area contributed by atoms with E-state index in [0.717, 1.165) is 0 Å². The summed E-state index contributed by atoms with van der Waals surface area (Å²) in [4.78, 5) is 0. The summed E-state index contributed by atoms with van der Waals surface area (Å²) in [5.41, 5.74) is 6.58. The normalized spacial score (nSPS) is 17.2. The van der Waals surface area contributed by atoms with E-state index >= 15 is 0 Å². The minimum absolute atomic E-state index is 0.0982. The van der Waals surface area contributed by atoms with E-state index in [9.17, 15) is 5.11 Å². The highest BCUT2D eigenvalue weighted by atomic mass is 16.3. The summed E-state index contributed by atoms with van der Waals surface area (Å²) in [5, 5.41) is 13.2. The fourth-order valence-corrected chi connectivity index (χ4v) is 2.53. The lowest BCUT2D eigenvalue weighted by Gasteiger charge is -2.23. The van der Waals surface area contributed by atoms with Crippen molar-refractivity contribution in [1.82, 2.24) is 5.32 Å². The predicted octanol–water partition coefficient (Wildman–Crippen LogP) is 2.71. The average molecular weight is 233 g/mol. The maximum Gasteiger partial charge on any atom is 0.0626 e. The Hall–Kier alpha value is -0.860. The SMILES string of the molecule is Cc1cc(C)c(C)c(C(CO)NC2CC2)c1C. The van der Waals surface area contributed by atoms with Crippen LogP contribution < -0.4 is 5.32 Å². The molecule has 2 nitrogen and oxygen atoms in total. The van der Waals surface area contributed by atoms with Crippen molar-refractivity contribution in [1.29, 1.82) is 0 Å². The molecule has 1 unspecified atom stereocenters. The minimum atomic E-state index is 0.0982. The second-order valence-corrected chi connectivity index (χ2v) is 5.35. The van der Waals surface area contributed by atoms with Gasteiger partial charge in [-0.1, -0.05) is 6.07 Å². The van der Waals surface area contributed by atoms with Gasteiger partial charge in [-0.3, -0.25) is 0 Å². The van der Waals surface area contributed by atoms with E-state index in [2.05, 4.69) is 39.1 Å². The van der Waals surface area contributed by atoms with Crippen LogP contribution in [0.4, 0.5) is 0 Å². The molecule has 0 radical (unpaired) electrons. The fourth-order valence-electron chi connectivity index (χ4n) is 2.53. The van der Waals surface area contributed by atoms with Gasteiger partial charge in [0.2, 0.25) is 0 Å². The first-order chi connectivity index (χ1) is 8.04. The molecule has 0 aromatic heterocycles. The monoisotopic (exact) mass is 233 g/mol. The molecule has 94 valence electrons. The molecule has 2 heteroatoms. The van der Waals surface area contributed by atoms with E-state index in [1.54, 1.807) is 0 Å². The van der Waals surface area contributed by atoms with Gasteiger partial charge in [-0.15, -0.1) is 0 Å². The molecule has 2 N–H and O–H groups in total. The first-order valence-corrected chi connectivity index (χ1v) is 6.48. The van der Waals surface area contributed by atoms with Gasteiger partial charge in [-0.2, -0.15) is 0 Å². The maximum absolute atomic E-state index is 9.62. The Bertz CT molecular complexity index is 395. The van der Waals surface area contributed by atoms with Crippen LogP contribution >= 0.6 is 0 Å². The Kier molecular flexibility index (Phi) is 3.55. The molecule has 0 aliphatic heterocycles. The van der Waals surface area contributed by atoms with Gasteiger partial charge in [0.15, 0.2) is 0 Å². The second kappa shape index (κ2) is 4.79. The first-order valence-electron chi connectivity index (χ1n) is 6.48. The lowest BCUT2D eigenvalue weighted by Crippen LogP contribution is -2.28. The molecule has 1 aliphatic carbocycles. The number of hydrogen-bond acceptors (Lipinski definition) is 2. The number of benzene rings is 1. The number of hydrogen-bond donors (Lipinski definition) is 2. The predicted molar refractivity (Wildman–Crippen MR) is 71.4 cm³/mol. The van der Waals surface area contributed by atoms with E-state index in [4.69, 9.17) is 0 Å². The van der Waals surface area contributed by atoms with Gasteiger partial charge in [-0.25, -0.2) is 0 Å². The zero-order chi connectivity index (χ0) is 12.6. The maximum atomic E-state index is 9.62. The number of aliphatic hydroxyl groups excluding tert-OH is 1. The van der Waals surface area contributed by atoms with Crippen LogP contribution in [0.1, 0.15) is 46.7 Å². The van der Waals surface area contributed by atoms with Crippen LogP contribution in [-0.4, -0.2) is 17.8 Å². The highest BCUT2D eigenvalue weighted by Crippen LogP contribution is 2.30. The lowest BCUT2D eigenvalue weighted by molar-refractivity contribution is 0.242. The van der Waals surface area contributed by atoms with Gasteiger partial charge in [-0.05, 0) is 68.4 Å². The molecule has 2 rings (SSSR count). The Balaban J connectivity index is 2.39. The molecule has 1 aromatic carbocycles. The standard InChI is InChI=1S/C15H23NO/c1-9-7-10(2)12(4)15(11(9)3)14(8-17)16-13-5-6-13/h7,13-14,16-17H,5-6,8H2,1-4H3. The Labute approximate surface area is 104 Å². The second-order valence-electron chi connectivity index (χ2n) is 5.35. The van der Waals surface area contributed by atoms with Crippen molar-refractivity contribution >= 4 is 0 Å². The lowest BCUT2D eigenvalue weighted by atomic mass is 9.90. The zero-order valence-electron chi connectivity index (χ0n) is 11.3. The van der Waals surface area contributed by atoms with Crippen molar-refractivity contribution in [2.24, 2.45) is 0 Å². The van der Waals surface area contributed by atoms with Crippen molar-refractivity contribution in [3.63, 3.8) is 0 Å². The largest absolute Gasteiger partial charge is 0.394 e. The molecule has 0 heterocycles. The molecule has 17 heavy (non-hydrogen) atoms. The van der Waals surface area contributed by atoms with Crippen molar-refractivity contribution in [3.05, 3.63) is 33.9 Å². The summed E-state index contributed by atoms with van der Waals surface area (Å²) in [7, 11) is 0. The molecule has 1 aromatic rings. The average Bonchev–Trinajstić information content (AvgIpc) is 3.09. The fraction of sp³-hybridized carbons (Fsp3) is 0.600. The van der Waals surface area contributed by atoms with E-state index in [-0.39, 0.29) is 12.6 Å². The van der Waals surface area contributed by atoms with Gasteiger partial charge < -0.3 is 10.4 Å². The van der Waals surface area contributed by atoms with Crippen LogP contribution in [0.3, 0.4) is 0 Å². The van der Waals surface area contributed by atoms with E-state index in [0.29, 0.717) is 6.04 Å². The van der Waals surface area contributed by atoms with Gasteiger partial charge in [0.25, 0.3) is 0 Å². The van der Waals surface area contributed by atoms with E-state index in [1.165, 1.54) is 40.7 Å². The molecule has 0 spiro atoms. The van der Waals surface area contributed by atoms with Crippen LogP contribution in [0.15, 0.2) is 6.07 Å². The molecular weight excluding hydrogens is 210 g/mol. The van der Waals surface area contributed by atoms with Crippen LogP contribution in [-0.2, 0) is 0 Å². The highest BCUT2D eigenvalue weighted by Gasteiger charge is 2.27. The van der Waals surface area contributed by atoms with Crippen molar-refractivity contribution in [3.8, 4) is 0 Å². The van der Waals surface area contributed by atoms with E-state index in [1.807, 2.05) is 0 Å². The summed E-state index contributed by atoms with van der Waals surface area (Å²) in [6, 6.07) is 2.95. The van der Waals surface area contributed by atoms with Gasteiger partial charge >= 0.3 is 0 Å². The molecular formula is C15H23NO. The summed E-state index contributed by atoms with van der Waals surface area (Å²) in [5.74, 6) is 0. The summed E-state index contributed by atoms with van der Waals surface area (Å²) >= 11 is 0. The molecule has 1 atom stereocenters. The number of nitrogens with one attached hydrogen (secondary N) is 1. The number of aliphatic hydroxyl groups is 1. The molecule has 1 aliphatic rings. The summed E-state index contributed by atoms with van der Waals surface area (Å²) in [6.07, 6.45) is 2.50. The molecule has 0 amide bonds. The van der Waals surface area contributed by atoms with Crippen molar-refractivity contribution < 1.29 is 5.11 Å². The highest BCUT2D eigenvalue weighted by molar-refractivity contribution is 5.45. The summed E-state index contributed by atoms with van der Waals surface area (Å²) < 4.78 is 0. The van der Waals surface area contributed by atoms with Crippen LogP contribution in [0.25, 0.3) is 0 Å².